The van der Waals surface area contributed by atoms with Crippen LogP contribution in [-0.4, -0.2) is 6.04 Å². The van der Waals surface area contributed by atoms with E-state index in [1.807, 2.05) is 12.1 Å². The predicted molar refractivity (Wildman–Crippen MR) is 85.0 cm³/mol. The highest BCUT2D eigenvalue weighted by Crippen LogP contribution is 2.46. The van der Waals surface area contributed by atoms with Crippen LogP contribution in [0.25, 0.3) is 0 Å². The minimum Gasteiger partial charge on any atom is -0.381 e. The van der Waals surface area contributed by atoms with Crippen molar-refractivity contribution < 1.29 is 0 Å². The Morgan fingerprint density at radius 2 is 1.80 bits per heavy atom. The zero-order valence-corrected chi connectivity index (χ0v) is 13.5. The second-order valence-electron chi connectivity index (χ2n) is 7.56. The lowest BCUT2D eigenvalue weighted by Crippen LogP contribution is -2.40. The highest BCUT2D eigenvalue weighted by Gasteiger charge is 2.38. The first kappa shape index (κ1) is 15.2. The average molecular weight is 291 g/mol. The fourth-order valence-electron chi connectivity index (χ4n) is 3.90. The molecule has 0 saturated heterocycles. The molecule has 2 rings (SSSR count). The summed E-state index contributed by atoms with van der Waals surface area (Å²) in [6, 6.07) is 8.10. The molecule has 20 heavy (non-hydrogen) atoms. The van der Waals surface area contributed by atoms with Crippen molar-refractivity contribution in [3.63, 3.8) is 0 Å². The van der Waals surface area contributed by atoms with Crippen molar-refractivity contribution in [1.82, 2.24) is 0 Å². The van der Waals surface area contributed by atoms with Gasteiger partial charge in [-0.05, 0) is 48.3 Å². The van der Waals surface area contributed by atoms with Crippen molar-refractivity contribution in [1.29, 1.82) is 5.26 Å². The molecule has 0 atom stereocenters. The number of hydrogen-bond donors (Lipinski definition) is 1. The number of hydrogen-bond acceptors (Lipinski definition) is 2. The summed E-state index contributed by atoms with van der Waals surface area (Å²) in [5.41, 5.74) is 2.19. The van der Waals surface area contributed by atoms with Crippen LogP contribution in [0.3, 0.4) is 0 Å². The molecule has 0 aromatic heterocycles. The van der Waals surface area contributed by atoms with Gasteiger partial charge in [0.1, 0.15) is 6.07 Å². The van der Waals surface area contributed by atoms with E-state index >= 15 is 0 Å². The second kappa shape index (κ2) is 5.30. The molecule has 3 heteroatoms. The molecule has 2 nitrogen and oxygen atoms in total. The molecule has 1 aliphatic rings. The summed E-state index contributed by atoms with van der Waals surface area (Å²) >= 11 is 5.95. The van der Waals surface area contributed by atoms with Crippen LogP contribution in [0.4, 0.5) is 5.69 Å². The molecular formula is C17H23ClN2. The molecule has 0 amide bonds. The van der Waals surface area contributed by atoms with Gasteiger partial charge in [-0.1, -0.05) is 39.3 Å². The molecule has 1 fully saturated rings. The lowest BCUT2D eigenvalue weighted by atomic mass is 9.63. The Balaban J connectivity index is 2.20. The van der Waals surface area contributed by atoms with E-state index in [2.05, 4.69) is 39.1 Å². The number of anilines is 1. The number of nitrogens with one attached hydrogen (secondary N) is 1. The van der Waals surface area contributed by atoms with E-state index in [0.29, 0.717) is 27.5 Å². The van der Waals surface area contributed by atoms with Crippen LogP contribution in [0.2, 0.25) is 5.02 Å². The first-order valence-electron chi connectivity index (χ1n) is 7.17. The first-order valence-corrected chi connectivity index (χ1v) is 7.55. The number of nitrogens with zero attached hydrogens (tertiary/aromatic N) is 1. The molecule has 0 unspecified atom stereocenters. The number of benzene rings is 1. The van der Waals surface area contributed by atoms with Gasteiger partial charge < -0.3 is 5.32 Å². The van der Waals surface area contributed by atoms with Crippen LogP contribution in [0.15, 0.2) is 18.2 Å². The number of halogens is 1. The van der Waals surface area contributed by atoms with Crippen LogP contribution >= 0.6 is 11.6 Å². The van der Waals surface area contributed by atoms with E-state index in [0.717, 1.165) is 18.5 Å². The van der Waals surface area contributed by atoms with Gasteiger partial charge in [-0.3, -0.25) is 0 Å². The summed E-state index contributed by atoms with van der Waals surface area (Å²) in [6.45, 7) is 9.32. The van der Waals surface area contributed by atoms with Gasteiger partial charge in [0.05, 0.1) is 11.3 Å². The van der Waals surface area contributed by atoms with Gasteiger partial charge in [-0.2, -0.15) is 5.26 Å². The van der Waals surface area contributed by atoms with Crippen LogP contribution < -0.4 is 5.32 Å². The molecule has 1 N–H and O–H groups in total. The van der Waals surface area contributed by atoms with Crippen molar-refractivity contribution in [3.05, 3.63) is 28.8 Å². The molecule has 1 aromatic rings. The Morgan fingerprint density at radius 3 is 2.35 bits per heavy atom. The maximum Gasteiger partial charge on any atom is 0.101 e. The van der Waals surface area contributed by atoms with Gasteiger partial charge in [0.2, 0.25) is 0 Å². The Hall–Kier alpha value is -1.20. The minimum atomic E-state index is 0.332. The zero-order chi connectivity index (χ0) is 15.0. The van der Waals surface area contributed by atoms with E-state index in [4.69, 9.17) is 11.6 Å². The van der Waals surface area contributed by atoms with Gasteiger partial charge in [0.15, 0.2) is 0 Å². The summed E-state index contributed by atoms with van der Waals surface area (Å²) in [5.74, 6) is 0. The van der Waals surface area contributed by atoms with E-state index < -0.39 is 0 Å². The summed E-state index contributed by atoms with van der Waals surface area (Å²) in [7, 11) is 0. The third kappa shape index (κ3) is 3.67. The molecule has 0 spiro atoms. The number of rotatable bonds is 2. The van der Waals surface area contributed by atoms with Crippen LogP contribution in [0.5, 0.6) is 0 Å². The monoisotopic (exact) mass is 290 g/mol. The number of nitriles is 1. The second-order valence-corrected chi connectivity index (χ2v) is 7.99. The molecule has 1 aromatic carbocycles. The van der Waals surface area contributed by atoms with Gasteiger partial charge in [0.25, 0.3) is 0 Å². The Labute approximate surface area is 127 Å². The van der Waals surface area contributed by atoms with Crippen LogP contribution in [0.1, 0.15) is 52.5 Å². The van der Waals surface area contributed by atoms with Gasteiger partial charge in [-0.15, -0.1) is 0 Å². The fourth-order valence-corrected chi connectivity index (χ4v) is 4.07. The maximum atomic E-state index is 9.23. The summed E-state index contributed by atoms with van der Waals surface area (Å²) in [5, 5.41) is 13.4. The van der Waals surface area contributed by atoms with E-state index in [-0.39, 0.29) is 0 Å². The van der Waals surface area contributed by atoms with Crippen molar-refractivity contribution in [2.45, 2.75) is 53.0 Å². The molecule has 1 aliphatic carbocycles. The highest BCUT2D eigenvalue weighted by molar-refractivity contribution is 6.30. The summed E-state index contributed by atoms with van der Waals surface area (Å²) in [6.07, 6.45) is 3.50. The summed E-state index contributed by atoms with van der Waals surface area (Å²) in [4.78, 5) is 0. The quantitative estimate of drug-likeness (QED) is 0.809. The molecular weight excluding hydrogens is 268 g/mol. The van der Waals surface area contributed by atoms with Crippen LogP contribution in [0, 0.1) is 22.2 Å². The molecule has 108 valence electrons. The Kier molecular flexibility index (Phi) is 4.02. The molecule has 0 aliphatic heterocycles. The standard InChI is InChI=1S/C17H23ClN2/c1-16(2)8-14(9-17(3,4)11-16)20-15-6-5-13(18)7-12(15)10-19/h5-7,14,20H,8-9,11H2,1-4H3. The maximum absolute atomic E-state index is 9.23. The largest absolute Gasteiger partial charge is 0.381 e. The van der Waals surface area contributed by atoms with E-state index in [1.165, 1.54) is 6.42 Å². The predicted octanol–water partition coefficient (Wildman–Crippen LogP) is 5.23. The van der Waals surface area contributed by atoms with Gasteiger partial charge >= 0.3 is 0 Å². The van der Waals surface area contributed by atoms with Crippen LogP contribution in [-0.2, 0) is 0 Å². The van der Waals surface area contributed by atoms with Crippen molar-refractivity contribution in [2.24, 2.45) is 10.8 Å². The minimum absolute atomic E-state index is 0.332. The molecule has 0 heterocycles. The summed E-state index contributed by atoms with van der Waals surface area (Å²) < 4.78 is 0. The van der Waals surface area contributed by atoms with Gasteiger partial charge in [-0.25, -0.2) is 0 Å². The van der Waals surface area contributed by atoms with Gasteiger partial charge in [0, 0.05) is 11.1 Å². The molecule has 1 saturated carbocycles. The highest BCUT2D eigenvalue weighted by atomic mass is 35.5. The molecule has 0 radical (unpaired) electrons. The Bertz CT molecular complexity index is 524. The smallest absolute Gasteiger partial charge is 0.101 e. The first-order chi connectivity index (χ1) is 9.21. The third-order valence-electron chi connectivity index (χ3n) is 4.02. The fraction of sp³-hybridized carbons (Fsp3) is 0.588. The van der Waals surface area contributed by atoms with Crippen molar-refractivity contribution >= 4 is 17.3 Å². The van der Waals surface area contributed by atoms with Crippen molar-refractivity contribution in [2.75, 3.05) is 5.32 Å². The normalized spacial score (nSPS) is 21.2. The topological polar surface area (TPSA) is 35.8 Å². The average Bonchev–Trinajstić information content (AvgIpc) is 2.27. The lowest BCUT2D eigenvalue weighted by Gasteiger charge is -2.45. The van der Waals surface area contributed by atoms with Crippen molar-refractivity contribution in [3.8, 4) is 6.07 Å². The lowest BCUT2D eigenvalue weighted by molar-refractivity contribution is 0.105. The molecule has 0 bridgehead atoms. The third-order valence-corrected chi connectivity index (χ3v) is 4.25. The van der Waals surface area contributed by atoms with E-state index in [1.54, 1.807) is 6.07 Å². The van der Waals surface area contributed by atoms with E-state index in [9.17, 15) is 5.26 Å². The SMILES string of the molecule is CC1(C)CC(Nc2ccc(Cl)cc2C#N)CC(C)(C)C1. The Morgan fingerprint density at radius 1 is 1.20 bits per heavy atom. The zero-order valence-electron chi connectivity index (χ0n) is 12.8.